The van der Waals surface area contributed by atoms with E-state index in [0.717, 1.165) is 0 Å². The molecule has 5 atom stereocenters. The third-order valence-electron chi connectivity index (χ3n) is 3.61. The van der Waals surface area contributed by atoms with Crippen LogP contribution >= 0.6 is 7.75 Å². The summed E-state index contributed by atoms with van der Waals surface area (Å²) < 4.78 is 17.0. The number of aliphatic hydroxyl groups excluding tert-OH is 3. The lowest BCUT2D eigenvalue weighted by molar-refractivity contribution is -0.149. The fourth-order valence-electron chi connectivity index (χ4n) is 2.47. The number of ether oxygens (including phenoxy) is 1. The van der Waals surface area contributed by atoms with Gasteiger partial charge in [0.15, 0.2) is 5.96 Å². The topological polar surface area (TPSA) is 232 Å². The fraction of sp³-hybridized carbons (Fsp3) is 0.818. The molecule has 1 aliphatic rings. The van der Waals surface area contributed by atoms with Crippen LogP contribution in [-0.2, 0) is 14.1 Å². The molecule has 1 saturated heterocycles. The van der Waals surface area contributed by atoms with Gasteiger partial charge in [0.05, 0.1) is 6.61 Å². The average Bonchev–Trinajstić information content (AvgIpc) is 2.76. The maximum absolute atomic E-state index is 11.8. The Morgan fingerprint density at radius 2 is 1.88 bits per heavy atom. The number of carbonyl (C=O) groups is 1. The molecule has 1 heterocycles. The van der Waals surface area contributed by atoms with Crippen molar-refractivity contribution in [2.45, 2.75) is 43.4 Å². The molecule has 25 heavy (non-hydrogen) atoms. The van der Waals surface area contributed by atoms with Crippen molar-refractivity contribution in [1.82, 2.24) is 4.67 Å². The van der Waals surface area contributed by atoms with E-state index in [1.807, 2.05) is 0 Å². The molecule has 0 aromatic heterocycles. The van der Waals surface area contributed by atoms with Gasteiger partial charge in [-0.3, -0.25) is 9.79 Å². The van der Waals surface area contributed by atoms with Crippen molar-refractivity contribution >= 4 is 19.7 Å². The van der Waals surface area contributed by atoms with Gasteiger partial charge in [-0.25, -0.2) is 4.57 Å². The molecular weight excluding hydrogens is 363 g/mol. The van der Waals surface area contributed by atoms with Crippen LogP contribution in [0.2, 0.25) is 0 Å². The lowest BCUT2D eigenvalue weighted by atomic mass is 10.1. The molecule has 1 unspecified atom stereocenters. The van der Waals surface area contributed by atoms with Crippen LogP contribution in [0.3, 0.4) is 0 Å². The predicted molar refractivity (Wildman–Crippen MR) is 83.0 cm³/mol. The first-order valence-electron chi connectivity index (χ1n) is 7.25. The summed E-state index contributed by atoms with van der Waals surface area (Å²) in [6.45, 7) is -0.705. The Labute approximate surface area is 142 Å². The first-order chi connectivity index (χ1) is 11.5. The number of hydrogen-bond acceptors (Lipinski definition) is 7. The summed E-state index contributed by atoms with van der Waals surface area (Å²) >= 11 is 0. The first kappa shape index (κ1) is 21.7. The van der Waals surface area contributed by atoms with Crippen molar-refractivity contribution in [2.24, 2.45) is 16.5 Å². The highest BCUT2D eigenvalue weighted by Gasteiger charge is 2.53. The summed E-state index contributed by atoms with van der Waals surface area (Å²) in [4.78, 5) is 34.2. The highest BCUT2D eigenvalue weighted by atomic mass is 31.2. The quantitative estimate of drug-likeness (QED) is 0.0828. The zero-order valence-electron chi connectivity index (χ0n) is 13.1. The number of nitrogens with zero attached hydrogens (tertiary/aromatic N) is 2. The van der Waals surface area contributed by atoms with Gasteiger partial charge in [0.1, 0.15) is 30.6 Å². The Morgan fingerprint density at radius 1 is 1.28 bits per heavy atom. The smallest absolute Gasteiger partial charge is 0.406 e. The van der Waals surface area contributed by atoms with Gasteiger partial charge in [-0.1, -0.05) is 0 Å². The molecule has 1 fully saturated rings. The van der Waals surface area contributed by atoms with Crippen LogP contribution < -0.4 is 11.5 Å². The van der Waals surface area contributed by atoms with Crippen molar-refractivity contribution in [2.75, 3.05) is 13.2 Å². The molecule has 0 aromatic carbocycles. The fourth-order valence-corrected chi connectivity index (χ4v) is 3.53. The predicted octanol–water partition coefficient (Wildman–Crippen LogP) is -3.67. The van der Waals surface area contributed by atoms with Gasteiger partial charge >= 0.3 is 13.7 Å². The third kappa shape index (κ3) is 5.59. The van der Waals surface area contributed by atoms with E-state index in [-0.39, 0.29) is 30.0 Å². The van der Waals surface area contributed by atoms with E-state index in [2.05, 4.69) is 4.99 Å². The van der Waals surface area contributed by atoms with Crippen molar-refractivity contribution in [3.63, 3.8) is 0 Å². The Balaban J connectivity index is 3.04. The molecule has 0 aromatic rings. The summed E-state index contributed by atoms with van der Waals surface area (Å²) in [5, 5.41) is 38.1. The minimum atomic E-state index is -5.21. The van der Waals surface area contributed by atoms with Crippen molar-refractivity contribution in [1.29, 1.82) is 0 Å². The van der Waals surface area contributed by atoms with Gasteiger partial charge in [0.25, 0.3) is 0 Å². The van der Waals surface area contributed by atoms with Crippen molar-refractivity contribution in [3.05, 3.63) is 0 Å². The summed E-state index contributed by atoms with van der Waals surface area (Å²) in [5.41, 5.74) is 10.3. The van der Waals surface area contributed by atoms with Gasteiger partial charge in [0.2, 0.25) is 0 Å². The van der Waals surface area contributed by atoms with Crippen LogP contribution in [0, 0.1) is 0 Å². The van der Waals surface area contributed by atoms with E-state index in [0.29, 0.717) is 0 Å². The Morgan fingerprint density at radius 3 is 2.28 bits per heavy atom. The van der Waals surface area contributed by atoms with Crippen LogP contribution in [0.25, 0.3) is 0 Å². The number of carboxylic acids is 1. The number of hydrogen-bond donors (Lipinski definition) is 8. The first-order valence-corrected chi connectivity index (χ1v) is 8.82. The molecule has 146 valence electrons. The second kappa shape index (κ2) is 8.87. The maximum atomic E-state index is 11.8. The van der Waals surface area contributed by atoms with Gasteiger partial charge in [-0.15, -0.1) is 0 Å². The molecular formula is C11H23N4O9P. The minimum absolute atomic E-state index is 0.0249. The number of aliphatic imine (C=N–C) groups is 1. The van der Waals surface area contributed by atoms with Gasteiger partial charge in [-0.05, 0) is 12.8 Å². The normalized spacial score (nSPS) is 28.1. The molecule has 14 heteroatoms. The van der Waals surface area contributed by atoms with Crippen LogP contribution in [0.15, 0.2) is 4.99 Å². The van der Waals surface area contributed by atoms with Crippen molar-refractivity contribution in [3.8, 4) is 0 Å². The number of aliphatic carboxylic acids is 1. The summed E-state index contributed by atoms with van der Waals surface area (Å²) in [6.07, 6.45) is -6.81. The Bertz CT molecular complexity index is 538. The average molecular weight is 386 g/mol. The summed E-state index contributed by atoms with van der Waals surface area (Å²) in [5.74, 6) is -1.80. The molecule has 10 N–H and O–H groups in total. The van der Waals surface area contributed by atoms with Crippen LogP contribution in [-0.4, -0.2) is 90.5 Å². The molecule has 0 bridgehead atoms. The monoisotopic (exact) mass is 386 g/mol. The third-order valence-corrected chi connectivity index (χ3v) is 4.72. The second-order valence-electron chi connectivity index (χ2n) is 5.42. The molecule has 1 rings (SSSR count). The second-order valence-corrected chi connectivity index (χ2v) is 6.91. The molecule has 1 aliphatic heterocycles. The lowest BCUT2D eigenvalue weighted by Crippen LogP contribution is -2.50. The van der Waals surface area contributed by atoms with Crippen molar-refractivity contribution < 1.29 is 44.3 Å². The summed E-state index contributed by atoms with van der Waals surface area (Å²) in [6, 6.07) is -1.75. The zero-order valence-corrected chi connectivity index (χ0v) is 14.0. The van der Waals surface area contributed by atoms with Gasteiger partial charge in [-0.2, -0.15) is 4.67 Å². The van der Waals surface area contributed by atoms with Crippen LogP contribution in [0.1, 0.15) is 12.8 Å². The van der Waals surface area contributed by atoms with Crippen LogP contribution in [0.4, 0.5) is 0 Å². The van der Waals surface area contributed by atoms with E-state index < -0.39 is 50.9 Å². The van der Waals surface area contributed by atoms with Crippen LogP contribution in [0.5, 0.6) is 0 Å². The van der Waals surface area contributed by atoms with E-state index in [9.17, 15) is 34.5 Å². The van der Waals surface area contributed by atoms with Gasteiger partial charge < -0.3 is 46.4 Å². The maximum Gasteiger partial charge on any atom is 0.406 e. The van der Waals surface area contributed by atoms with E-state index >= 15 is 0 Å². The Kier molecular flexibility index (Phi) is 7.71. The number of rotatable bonds is 9. The lowest BCUT2D eigenvalue weighted by Gasteiger charge is -2.34. The molecule has 0 amide bonds. The highest BCUT2D eigenvalue weighted by molar-refractivity contribution is 7.49. The number of carboxylic acid groups (broad SMARTS) is 1. The van der Waals surface area contributed by atoms with Gasteiger partial charge in [0, 0.05) is 6.54 Å². The standard InChI is InChI=1S/C11H23N4O9P/c12-11(13)14-3-1-2-5(10(19)20)15(25(21,22)23)9-8(18)7(17)6(4-16)24-9/h5-9,16-18H,1-4H2,(H,19,20)(H4,12,13,14)(H2,21,22,23)/t5-,6+,7+,8+,9?/m0/s1. The number of guanidine groups is 1. The highest BCUT2D eigenvalue weighted by Crippen LogP contribution is 2.47. The summed E-state index contributed by atoms with van der Waals surface area (Å²) in [7, 11) is -5.21. The number of aliphatic hydroxyl groups is 3. The molecule has 13 nitrogen and oxygen atoms in total. The molecule has 0 spiro atoms. The largest absolute Gasteiger partial charge is 0.480 e. The SMILES string of the molecule is NC(N)=NCCC[C@@H](C(=O)O)N(C1O[C@H](CO)[C@@H](O)[C@H]1O)P(=O)(O)O. The molecule has 0 radical (unpaired) electrons. The van der Waals surface area contributed by atoms with E-state index in [1.54, 1.807) is 0 Å². The Hall–Kier alpha value is -1.31. The molecule has 0 saturated carbocycles. The van der Waals surface area contributed by atoms with E-state index in [4.69, 9.17) is 21.3 Å². The zero-order chi connectivity index (χ0) is 19.4. The van der Waals surface area contributed by atoms with E-state index in [1.165, 1.54) is 0 Å². The number of nitrogens with two attached hydrogens (primary N) is 2. The minimum Gasteiger partial charge on any atom is -0.480 e. The molecule has 0 aliphatic carbocycles.